The van der Waals surface area contributed by atoms with Gasteiger partial charge in [0.15, 0.2) is 0 Å². The molecule has 2 nitrogen and oxygen atoms in total. The number of rotatable bonds is 1. The first-order valence-corrected chi connectivity index (χ1v) is 2.85. The van der Waals surface area contributed by atoms with Crippen LogP contribution in [0, 0.1) is 11.6 Å². The van der Waals surface area contributed by atoms with Gasteiger partial charge in [0.25, 0.3) is 0 Å². The Balaban J connectivity index is 3.19. The van der Waals surface area contributed by atoms with Crippen LogP contribution in [0.4, 0.5) is 8.78 Å². The predicted molar refractivity (Wildman–Crippen MR) is 34.9 cm³/mol. The third-order valence-corrected chi connectivity index (χ3v) is 1.15. The van der Waals surface area contributed by atoms with Gasteiger partial charge in [0, 0.05) is 11.6 Å². The predicted octanol–water partition coefficient (Wildman–Crippen LogP) is 1.06. The molecule has 0 aliphatic heterocycles. The highest BCUT2D eigenvalue weighted by Gasteiger charge is 2.03. The maximum Gasteiger partial charge on any atom is 0.248 e. The molecule has 1 aromatic carbocycles. The highest BCUT2D eigenvalue weighted by atomic mass is 19.1. The zero-order valence-corrected chi connectivity index (χ0v) is 5.47. The molecule has 58 valence electrons. The van der Waals surface area contributed by atoms with Crippen LogP contribution in [0.25, 0.3) is 0 Å². The van der Waals surface area contributed by atoms with Crippen LogP contribution >= 0.6 is 0 Å². The largest absolute Gasteiger partial charge is 0.366 e. The summed E-state index contributed by atoms with van der Waals surface area (Å²) in [6, 6.07) is 2.43. The van der Waals surface area contributed by atoms with Gasteiger partial charge in [0.1, 0.15) is 11.6 Å². The Bertz CT molecular complexity index is 278. The molecule has 1 amide bonds. The summed E-state index contributed by atoms with van der Waals surface area (Å²) < 4.78 is 24.7. The molecule has 11 heavy (non-hydrogen) atoms. The Labute approximate surface area is 61.6 Å². The minimum absolute atomic E-state index is 0.164. The third kappa shape index (κ3) is 1.73. The summed E-state index contributed by atoms with van der Waals surface area (Å²) in [6.45, 7) is 0. The van der Waals surface area contributed by atoms with Gasteiger partial charge in [-0.1, -0.05) is 0 Å². The van der Waals surface area contributed by atoms with Crippen LogP contribution in [0.2, 0.25) is 0 Å². The van der Waals surface area contributed by atoms with E-state index in [4.69, 9.17) is 5.73 Å². The lowest BCUT2D eigenvalue weighted by molar-refractivity contribution is 0.0999. The zero-order valence-electron chi connectivity index (χ0n) is 5.47. The number of carbonyl (C=O) groups excluding carboxylic acids is 1. The van der Waals surface area contributed by atoms with Crippen LogP contribution in [-0.2, 0) is 0 Å². The number of amides is 1. The van der Waals surface area contributed by atoms with Gasteiger partial charge in [-0.05, 0) is 12.1 Å². The molecule has 0 bridgehead atoms. The summed E-state index contributed by atoms with van der Waals surface area (Å²) >= 11 is 0. The Hall–Kier alpha value is -1.45. The van der Waals surface area contributed by atoms with Gasteiger partial charge in [-0.3, -0.25) is 4.79 Å². The number of halogens is 2. The molecular formula is C7H5F2NO. The van der Waals surface area contributed by atoms with Crippen molar-refractivity contribution < 1.29 is 13.6 Å². The maximum atomic E-state index is 12.3. The number of hydrogen-bond donors (Lipinski definition) is 1. The second-order valence-electron chi connectivity index (χ2n) is 2.02. The molecule has 0 radical (unpaired) electrons. The van der Waals surface area contributed by atoms with Crippen LogP contribution in [-0.4, -0.2) is 5.91 Å². The van der Waals surface area contributed by atoms with Gasteiger partial charge in [-0.15, -0.1) is 0 Å². The Kier molecular flexibility index (Phi) is 1.85. The van der Waals surface area contributed by atoms with E-state index in [9.17, 15) is 13.6 Å². The molecule has 0 heterocycles. The van der Waals surface area contributed by atoms with Gasteiger partial charge < -0.3 is 5.73 Å². The van der Waals surface area contributed by atoms with Gasteiger partial charge in [0.05, 0.1) is 0 Å². The number of carbonyl (C=O) groups is 1. The summed E-state index contributed by atoms with van der Waals surface area (Å²) in [5.74, 6) is -2.46. The molecule has 0 aliphatic rings. The molecule has 0 saturated heterocycles. The second-order valence-corrected chi connectivity index (χ2v) is 2.02. The van der Waals surface area contributed by atoms with E-state index >= 15 is 0 Å². The maximum absolute atomic E-state index is 12.3. The number of nitrogens with two attached hydrogens (primary N) is 1. The third-order valence-electron chi connectivity index (χ3n) is 1.15. The first-order chi connectivity index (χ1) is 5.09. The van der Waals surface area contributed by atoms with Crippen molar-refractivity contribution in [3.05, 3.63) is 35.4 Å². The molecule has 1 rings (SSSR count). The van der Waals surface area contributed by atoms with E-state index in [1.807, 2.05) is 0 Å². The monoisotopic (exact) mass is 157 g/mol. The Morgan fingerprint density at radius 1 is 1.18 bits per heavy atom. The summed E-state index contributed by atoms with van der Waals surface area (Å²) in [6.07, 6.45) is 0. The summed E-state index contributed by atoms with van der Waals surface area (Å²) in [5.41, 5.74) is 4.61. The van der Waals surface area contributed by atoms with Crippen molar-refractivity contribution in [2.75, 3.05) is 0 Å². The Morgan fingerprint density at radius 3 is 2.00 bits per heavy atom. The quantitative estimate of drug-likeness (QED) is 0.650. The normalized spacial score (nSPS) is 9.64. The van der Waals surface area contributed by atoms with Crippen LogP contribution in [0.3, 0.4) is 0 Å². The molecule has 2 N–H and O–H groups in total. The number of benzene rings is 1. The van der Waals surface area contributed by atoms with Gasteiger partial charge in [0.2, 0.25) is 5.91 Å². The van der Waals surface area contributed by atoms with Crippen LogP contribution in [0.15, 0.2) is 18.2 Å². The summed E-state index contributed by atoms with van der Waals surface area (Å²) in [4.78, 5) is 10.4. The lowest BCUT2D eigenvalue weighted by atomic mass is 10.2. The zero-order chi connectivity index (χ0) is 8.43. The highest BCUT2D eigenvalue weighted by Crippen LogP contribution is 2.06. The van der Waals surface area contributed by atoms with Crippen molar-refractivity contribution in [1.82, 2.24) is 0 Å². The van der Waals surface area contributed by atoms with Crippen molar-refractivity contribution in [3.63, 3.8) is 0 Å². The Morgan fingerprint density at radius 2 is 1.64 bits per heavy atom. The standard InChI is InChI=1S/C7H5F2NO/c8-5-1-4(7(10)11)2-6(9)3-5/h1-3H,(H2,10,11). The van der Waals surface area contributed by atoms with E-state index in [1.165, 1.54) is 0 Å². The number of primary amides is 1. The molecule has 0 unspecified atom stereocenters. The van der Waals surface area contributed by atoms with E-state index in [0.717, 1.165) is 12.1 Å². The molecule has 0 aliphatic carbocycles. The topological polar surface area (TPSA) is 43.1 Å². The van der Waals surface area contributed by atoms with E-state index in [-0.39, 0.29) is 5.56 Å². The second kappa shape index (κ2) is 2.65. The SMILES string of the molecule is NC(=O)c1cc(F)cc(F)c1. The minimum Gasteiger partial charge on any atom is -0.366 e. The number of hydrogen-bond acceptors (Lipinski definition) is 1. The molecule has 0 aromatic heterocycles. The minimum atomic E-state index is -0.844. The fourth-order valence-corrected chi connectivity index (χ4v) is 0.696. The van der Waals surface area contributed by atoms with Crippen molar-refractivity contribution in [3.8, 4) is 0 Å². The fraction of sp³-hybridized carbons (Fsp3) is 0. The van der Waals surface area contributed by atoms with Gasteiger partial charge in [-0.2, -0.15) is 0 Å². The highest BCUT2D eigenvalue weighted by molar-refractivity contribution is 5.92. The van der Waals surface area contributed by atoms with E-state index in [2.05, 4.69) is 0 Å². The van der Waals surface area contributed by atoms with Crippen LogP contribution in [0.5, 0.6) is 0 Å². The van der Waals surface area contributed by atoms with Crippen molar-refractivity contribution in [2.24, 2.45) is 5.73 Å². The molecule has 0 atom stereocenters. The van der Waals surface area contributed by atoms with Crippen molar-refractivity contribution in [1.29, 1.82) is 0 Å². The molecular weight excluding hydrogens is 152 g/mol. The van der Waals surface area contributed by atoms with Crippen LogP contribution in [0.1, 0.15) is 10.4 Å². The van der Waals surface area contributed by atoms with E-state index in [1.54, 1.807) is 0 Å². The molecule has 0 saturated carbocycles. The van der Waals surface area contributed by atoms with Crippen LogP contribution < -0.4 is 5.73 Å². The van der Waals surface area contributed by atoms with Crippen molar-refractivity contribution in [2.45, 2.75) is 0 Å². The lowest BCUT2D eigenvalue weighted by Crippen LogP contribution is -2.11. The smallest absolute Gasteiger partial charge is 0.248 e. The summed E-state index contributed by atoms with van der Waals surface area (Å²) in [7, 11) is 0. The van der Waals surface area contributed by atoms with E-state index in [0.29, 0.717) is 6.07 Å². The molecule has 0 fully saturated rings. The van der Waals surface area contributed by atoms with Gasteiger partial charge >= 0.3 is 0 Å². The van der Waals surface area contributed by atoms with Crippen molar-refractivity contribution >= 4 is 5.91 Å². The first-order valence-electron chi connectivity index (χ1n) is 2.85. The first kappa shape index (κ1) is 7.65. The average molecular weight is 157 g/mol. The molecule has 4 heteroatoms. The van der Waals surface area contributed by atoms with E-state index < -0.39 is 17.5 Å². The lowest BCUT2D eigenvalue weighted by Gasteiger charge is -1.94. The van der Waals surface area contributed by atoms with Gasteiger partial charge in [-0.25, -0.2) is 8.78 Å². The molecule has 1 aromatic rings. The fourth-order valence-electron chi connectivity index (χ4n) is 0.696. The average Bonchev–Trinajstić information content (AvgIpc) is 1.85. The summed E-state index contributed by atoms with van der Waals surface area (Å²) in [5, 5.41) is 0. The molecule has 0 spiro atoms.